The highest BCUT2D eigenvalue weighted by molar-refractivity contribution is 9.11. The van der Waals surface area contributed by atoms with E-state index in [1.807, 2.05) is 18.3 Å². The molecule has 0 saturated carbocycles. The van der Waals surface area contributed by atoms with Crippen LogP contribution in [0.4, 0.5) is 0 Å². The molecule has 2 atom stereocenters. The summed E-state index contributed by atoms with van der Waals surface area (Å²) >= 11 is 5.38. The van der Waals surface area contributed by atoms with Crippen molar-refractivity contribution in [1.29, 1.82) is 0 Å². The van der Waals surface area contributed by atoms with Gasteiger partial charge in [-0.25, -0.2) is 0 Å². The third-order valence-corrected chi connectivity index (χ3v) is 5.40. The highest BCUT2D eigenvalue weighted by Gasteiger charge is 2.26. The summed E-state index contributed by atoms with van der Waals surface area (Å²) in [6.45, 7) is 7.21. The Morgan fingerprint density at radius 3 is 2.94 bits per heavy atom. The van der Waals surface area contributed by atoms with Crippen molar-refractivity contribution in [2.45, 2.75) is 32.9 Å². The van der Waals surface area contributed by atoms with Gasteiger partial charge < -0.3 is 5.11 Å². The minimum atomic E-state index is -0.165. The van der Waals surface area contributed by atoms with Crippen LogP contribution >= 0.6 is 27.3 Å². The van der Waals surface area contributed by atoms with Gasteiger partial charge in [0.05, 0.1) is 9.89 Å². The zero-order valence-electron chi connectivity index (χ0n) is 9.74. The molecule has 1 saturated heterocycles. The van der Waals surface area contributed by atoms with Crippen LogP contribution in [0.2, 0.25) is 0 Å². The molecule has 1 fully saturated rings. The van der Waals surface area contributed by atoms with Crippen molar-refractivity contribution in [1.82, 2.24) is 4.90 Å². The number of hydrogen-bond acceptors (Lipinski definition) is 3. The SMILES string of the molecule is Cc1cc(CN2CCC(C(C)O)C2)sc1Br. The van der Waals surface area contributed by atoms with Gasteiger partial charge >= 0.3 is 0 Å². The van der Waals surface area contributed by atoms with Crippen molar-refractivity contribution in [2.75, 3.05) is 13.1 Å². The van der Waals surface area contributed by atoms with Crippen LogP contribution in [0.5, 0.6) is 0 Å². The molecule has 16 heavy (non-hydrogen) atoms. The summed E-state index contributed by atoms with van der Waals surface area (Å²) in [4.78, 5) is 3.85. The number of likely N-dealkylation sites (tertiary alicyclic amines) is 1. The number of halogens is 1. The van der Waals surface area contributed by atoms with Crippen molar-refractivity contribution in [2.24, 2.45) is 5.92 Å². The monoisotopic (exact) mass is 303 g/mol. The first kappa shape index (κ1) is 12.6. The van der Waals surface area contributed by atoms with E-state index in [0.717, 1.165) is 26.1 Å². The molecule has 2 heterocycles. The number of rotatable bonds is 3. The largest absolute Gasteiger partial charge is 0.393 e. The molecule has 0 aliphatic carbocycles. The maximum atomic E-state index is 9.55. The summed E-state index contributed by atoms with van der Waals surface area (Å²) < 4.78 is 1.24. The van der Waals surface area contributed by atoms with Crippen LogP contribution in [-0.4, -0.2) is 29.2 Å². The van der Waals surface area contributed by atoms with E-state index in [1.54, 1.807) is 0 Å². The van der Waals surface area contributed by atoms with Crippen molar-refractivity contribution >= 4 is 27.3 Å². The first-order valence-corrected chi connectivity index (χ1v) is 7.32. The van der Waals surface area contributed by atoms with Crippen molar-refractivity contribution in [3.8, 4) is 0 Å². The van der Waals surface area contributed by atoms with E-state index in [2.05, 4.69) is 33.8 Å². The molecule has 1 N–H and O–H groups in total. The molecule has 2 nitrogen and oxygen atoms in total. The van der Waals surface area contributed by atoms with Crippen LogP contribution < -0.4 is 0 Å². The van der Waals surface area contributed by atoms with E-state index in [4.69, 9.17) is 0 Å². The minimum absolute atomic E-state index is 0.165. The minimum Gasteiger partial charge on any atom is -0.393 e. The molecular weight excluding hydrogens is 286 g/mol. The van der Waals surface area contributed by atoms with Crippen LogP contribution in [0.1, 0.15) is 23.8 Å². The fourth-order valence-corrected chi connectivity index (χ4v) is 3.89. The normalized spacial score (nSPS) is 23.9. The van der Waals surface area contributed by atoms with Gasteiger partial charge in [0.2, 0.25) is 0 Å². The topological polar surface area (TPSA) is 23.5 Å². The number of nitrogens with zero attached hydrogens (tertiary/aromatic N) is 1. The average molecular weight is 304 g/mol. The molecule has 2 unspecified atom stereocenters. The van der Waals surface area contributed by atoms with Gasteiger partial charge in [0, 0.05) is 18.0 Å². The summed E-state index contributed by atoms with van der Waals surface area (Å²) in [6, 6.07) is 2.25. The van der Waals surface area contributed by atoms with Crippen LogP contribution in [0, 0.1) is 12.8 Å². The smallest absolute Gasteiger partial charge is 0.0730 e. The van der Waals surface area contributed by atoms with Gasteiger partial charge in [-0.2, -0.15) is 0 Å². The molecule has 1 aliphatic heterocycles. The van der Waals surface area contributed by atoms with E-state index < -0.39 is 0 Å². The molecule has 4 heteroatoms. The number of aliphatic hydroxyl groups is 1. The summed E-state index contributed by atoms with van der Waals surface area (Å²) in [6.07, 6.45) is 0.963. The molecule has 0 bridgehead atoms. The summed E-state index contributed by atoms with van der Waals surface area (Å²) in [5.74, 6) is 0.462. The van der Waals surface area contributed by atoms with Gasteiger partial charge in [0.15, 0.2) is 0 Å². The summed E-state index contributed by atoms with van der Waals surface area (Å²) in [7, 11) is 0. The Bertz CT molecular complexity index is 344. The molecular formula is C12H18BrNOS. The van der Waals surface area contributed by atoms with E-state index in [1.165, 1.54) is 14.2 Å². The number of thiophene rings is 1. The van der Waals surface area contributed by atoms with E-state index >= 15 is 0 Å². The molecule has 1 aliphatic rings. The maximum Gasteiger partial charge on any atom is 0.0730 e. The Morgan fingerprint density at radius 1 is 1.69 bits per heavy atom. The number of aliphatic hydroxyl groups excluding tert-OH is 1. The molecule has 1 aromatic rings. The Morgan fingerprint density at radius 2 is 2.44 bits per heavy atom. The maximum absolute atomic E-state index is 9.55. The van der Waals surface area contributed by atoms with Crippen LogP contribution in [0.3, 0.4) is 0 Å². The number of hydrogen-bond donors (Lipinski definition) is 1. The van der Waals surface area contributed by atoms with Gasteiger partial charge in [-0.05, 0) is 60.3 Å². The molecule has 0 spiro atoms. The van der Waals surface area contributed by atoms with Crippen molar-refractivity contribution < 1.29 is 5.11 Å². The highest BCUT2D eigenvalue weighted by Crippen LogP contribution is 2.30. The lowest BCUT2D eigenvalue weighted by molar-refractivity contribution is 0.127. The van der Waals surface area contributed by atoms with Gasteiger partial charge in [-0.1, -0.05) is 0 Å². The van der Waals surface area contributed by atoms with Gasteiger partial charge in [0.1, 0.15) is 0 Å². The van der Waals surface area contributed by atoms with E-state index in [9.17, 15) is 5.11 Å². The Balaban J connectivity index is 1.92. The third-order valence-electron chi connectivity index (χ3n) is 3.28. The van der Waals surface area contributed by atoms with E-state index in [-0.39, 0.29) is 6.10 Å². The first-order valence-electron chi connectivity index (χ1n) is 5.71. The van der Waals surface area contributed by atoms with E-state index in [0.29, 0.717) is 5.92 Å². The Labute approximate surface area is 109 Å². The second-order valence-electron chi connectivity index (χ2n) is 4.69. The molecule has 1 aromatic heterocycles. The Kier molecular flexibility index (Phi) is 4.06. The standard InChI is InChI=1S/C12H18BrNOS/c1-8-5-11(16-12(8)13)7-14-4-3-10(6-14)9(2)15/h5,9-10,15H,3-4,6-7H2,1-2H3. The lowest BCUT2D eigenvalue weighted by Crippen LogP contribution is -2.23. The second-order valence-corrected chi connectivity index (χ2v) is 7.15. The summed E-state index contributed by atoms with van der Waals surface area (Å²) in [5.41, 5.74) is 1.33. The quantitative estimate of drug-likeness (QED) is 0.928. The van der Waals surface area contributed by atoms with Gasteiger partial charge in [-0.15, -0.1) is 11.3 Å². The van der Waals surface area contributed by atoms with Gasteiger partial charge in [0.25, 0.3) is 0 Å². The molecule has 0 aromatic carbocycles. The van der Waals surface area contributed by atoms with Crippen molar-refractivity contribution in [3.05, 3.63) is 20.3 Å². The average Bonchev–Trinajstić information content (AvgIpc) is 2.76. The number of aryl methyl sites for hydroxylation is 1. The lowest BCUT2D eigenvalue weighted by atomic mass is 10.0. The zero-order chi connectivity index (χ0) is 11.7. The second kappa shape index (κ2) is 5.17. The lowest BCUT2D eigenvalue weighted by Gasteiger charge is -2.16. The van der Waals surface area contributed by atoms with Crippen LogP contribution in [-0.2, 0) is 6.54 Å². The molecule has 0 radical (unpaired) electrons. The van der Waals surface area contributed by atoms with Crippen molar-refractivity contribution in [3.63, 3.8) is 0 Å². The molecule has 0 amide bonds. The molecule has 2 rings (SSSR count). The first-order chi connectivity index (χ1) is 7.56. The zero-order valence-corrected chi connectivity index (χ0v) is 12.1. The van der Waals surface area contributed by atoms with Crippen LogP contribution in [0.25, 0.3) is 0 Å². The third kappa shape index (κ3) is 2.86. The fourth-order valence-electron chi connectivity index (χ4n) is 2.22. The molecule has 90 valence electrons. The van der Waals surface area contributed by atoms with Crippen LogP contribution in [0.15, 0.2) is 9.85 Å². The highest BCUT2D eigenvalue weighted by atomic mass is 79.9. The fraction of sp³-hybridized carbons (Fsp3) is 0.667. The predicted molar refractivity (Wildman–Crippen MR) is 71.8 cm³/mol. The van der Waals surface area contributed by atoms with Gasteiger partial charge in [-0.3, -0.25) is 4.90 Å². The summed E-state index contributed by atoms with van der Waals surface area (Å²) in [5, 5.41) is 9.55. The predicted octanol–water partition coefficient (Wildman–Crippen LogP) is 3.02. The Hall–Kier alpha value is 0.100.